The van der Waals surface area contributed by atoms with Crippen molar-refractivity contribution in [3.8, 4) is 11.1 Å². The van der Waals surface area contributed by atoms with Gasteiger partial charge in [0.1, 0.15) is 6.61 Å². The maximum atomic E-state index is 13.5. The van der Waals surface area contributed by atoms with E-state index < -0.39 is 0 Å². The number of amides is 1. The lowest BCUT2D eigenvalue weighted by molar-refractivity contribution is -0.0747. The molecule has 0 aromatic heterocycles. The fourth-order valence-electron chi connectivity index (χ4n) is 6.50. The third kappa shape index (κ3) is 3.82. The van der Waals surface area contributed by atoms with Crippen LogP contribution in [-0.4, -0.2) is 48.7 Å². The van der Waals surface area contributed by atoms with Crippen LogP contribution in [0, 0.1) is 19.8 Å². The third-order valence-electron chi connectivity index (χ3n) is 8.17. The van der Waals surface area contributed by atoms with E-state index in [9.17, 15) is 9.59 Å². The molecule has 6 rings (SSSR count). The second-order valence-electron chi connectivity index (χ2n) is 10.4. The van der Waals surface area contributed by atoms with Gasteiger partial charge in [0.05, 0.1) is 25.3 Å². The lowest BCUT2D eigenvalue weighted by Crippen LogP contribution is -2.60. The summed E-state index contributed by atoms with van der Waals surface area (Å²) >= 11 is 0. The van der Waals surface area contributed by atoms with Gasteiger partial charge in [0.15, 0.2) is 5.78 Å². The number of hydrogen-bond donors (Lipinski definition) is 0. The molecular formula is C31H31NO4. The van der Waals surface area contributed by atoms with Crippen LogP contribution < -0.4 is 0 Å². The van der Waals surface area contributed by atoms with E-state index in [0.717, 1.165) is 16.7 Å². The first-order chi connectivity index (χ1) is 17.5. The Bertz CT molecular complexity index is 1250. The van der Waals surface area contributed by atoms with Crippen molar-refractivity contribution in [1.82, 2.24) is 4.90 Å². The third-order valence-corrected chi connectivity index (χ3v) is 8.17. The van der Waals surface area contributed by atoms with E-state index >= 15 is 0 Å². The lowest BCUT2D eigenvalue weighted by atomic mass is 9.79. The van der Waals surface area contributed by atoms with Crippen LogP contribution >= 0.6 is 0 Å². The minimum atomic E-state index is -0.298. The zero-order valence-corrected chi connectivity index (χ0v) is 20.8. The predicted molar refractivity (Wildman–Crippen MR) is 138 cm³/mol. The van der Waals surface area contributed by atoms with Crippen molar-refractivity contribution in [3.63, 3.8) is 0 Å². The monoisotopic (exact) mass is 481 g/mol. The average molecular weight is 482 g/mol. The average Bonchev–Trinajstić information content (AvgIpc) is 3.20. The van der Waals surface area contributed by atoms with Gasteiger partial charge in [-0.3, -0.25) is 9.69 Å². The normalized spacial score (nSPS) is 22.6. The van der Waals surface area contributed by atoms with E-state index in [1.807, 2.05) is 49.1 Å². The number of Topliss-reactive ketones (excluding diaryl/α,β-unsaturated/α-hetero) is 1. The number of benzene rings is 3. The highest BCUT2D eigenvalue weighted by Gasteiger charge is 2.45. The molecule has 3 aromatic rings. The fraction of sp³-hybridized carbons (Fsp3) is 0.355. The standard InChI is InChI=1S/C31H31NO4/c1-19-8-7-9-20(2)29(19)30(33)21-14-22-16-35-17-23(15-21)32(22)31(34)36-18-28-26-12-5-3-10-24(26)25-11-4-6-13-27(25)28/h3-13,21-23,28H,14-18H2,1-2H3. The zero-order chi connectivity index (χ0) is 24.8. The molecule has 5 heteroatoms. The maximum absolute atomic E-state index is 13.5. The van der Waals surface area contributed by atoms with Crippen LogP contribution in [0.4, 0.5) is 4.79 Å². The largest absolute Gasteiger partial charge is 0.448 e. The van der Waals surface area contributed by atoms with E-state index in [-0.39, 0.29) is 35.8 Å². The van der Waals surface area contributed by atoms with Gasteiger partial charge in [-0.15, -0.1) is 0 Å². The molecule has 2 bridgehead atoms. The predicted octanol–water partition coefficient (Wildman–Crippen LogP) is 5.91. The van der Waals surface area contributed by atoms with Crippen LogP contribution in [0.25, 0.3) is 11.1 Å². The van der Waals surface area contributed by atoms with Gasteiger partial charge >= 0.3 is 6.09 Å². The zero-order valence-electron chi connectivity index (χ0n) is 20.8. The number of rotatable bonds is 4. The van der Waals surface area contributed by atoms with Crippen LogP contribution in [0.2, 0.25) is 0 Å². The molecule has 2 unspecified atom stereocenters. The summed E-state index contributed by atoms with van der Waals surface area (Å²) in [5.74, 6) is 0.108. The Kier molecular flexibility index (Phi) is 5.88. The number of ether oxygens (including phenoxy) is 2. The van der Waals surface area contributed by atoms with Crippen molar-refractivity contribution in [3.05, 3.63) is 94.5 Å². The molecule has 2 heterocycles. The van der Waals surface area contributed by atoms with Gasteiger partial charge in [0, 0.05) is 17.4 Å². The molecule has 0 spiro atoms. The van der Waals surface area contributed by atoms with Crippen molar-refractivity contribution in [2.24, 2.45) is 5.92 Å². The highest BCUT2D eigenvalue weighted by molar-refractivity contribution is 6.00. The van der Waals surface area contributed by atoms with E-state index in [1.165, 1.54) is 22.3 Å². The van der Waals surface area contributed by atoms with Gasteiger partial charge in [0.25, 0.3) is 0 Å². The molecule has 1 aliphatic carbocycles. The van der Waals surface area contributed by atoms with Gasteiger partial charge in [-0.25, -0.2) is 4.79 Å². The summed E-state index contributed by atoms with van der Waals surface area (Å²) in [6, 6.07) is 22.4. The number of carbonyl (C=O) groups excluding carboxylic acids is 2. The minimum Gasteiger partial charge on any atom is -0.448 e. The summed E-state index contributed by atoms with van der Waals surface area (Å²) in [5, 5.41) is 0. The van der Waals surface area contributed by atoms with Gasteiger partial charge in [-0.05, 0) is 60.1 Å². The highest BCUT2D eigenvalue weighted by Crippen LogP contribution is 2.45. The van der Waals surface area contributed by atoms with Gasteiger partial charge in [-0.1, -0.05) is 66.7 Å². The molecule has 0 saturated carbocycles. The summed E-state index contributed by atoms with van der Waals surface area (Å²) in [6.07, 6.45) is 0.911. The number of piperidine rings is 1. The molecule has 184 valence electrons. The SMILES string of the molecule is Cc1cccc(C)c1C(=O)C1CC2COCC(C1)N2C(=O)OCC1c2ccccc2-c2ccccc21. The van der Waals surface area contributed by atoms with Crippen molar-refractivity contribution < 1.29 is 19.1 Å². The molecule has 2 atom stereocenters. The smallest absolute Gasteiger partial charge is 0.410 e. The second-order valence-corrected chi connectivity index (χ2v) is 10.4. The number of aryl methyl sites for hydroxylation is 2. The first-order valence-corrected chi connectivity index (χ1v) is 12.8. The number of nitrogens with zero attached hydrogens (tertiary/aromatic N) is 1. The van der Waals surface area contributed by atoms with Crippen molar-refractivity contribution in [2.45, 2.75) is 44.7 Å². The summed E-state index contributed by atoms with van der Waals surface area (Å²) in [4.78, 5) is 28.8. The Hall–Kier alpha value is -3.44. The first kappa shape index (κ1) is 23.0. The van der Waals surface area contributed by atoms with Crippen molar-refractivity contribution in [1.29, 1.82) is 0 Å². The summed E-state index contributed by atoms with van der Waals surface area (Å²) in [7, 11) is 0. The summed E-state index contributed by atoms with van der Waals surface area (Å²) in [5.41, 5.74) is 7.69. The number of morpholine rings is 1. The van der Waals surface area contributed by atoms with Gasteiger partial charge < -0.3 is 9.47 Å². The van der Waals surface area contributed by atoms with E-state index in [2.05, 4.69) is 36.4 Å². The maximum Gasteiger partial charge on any atom is 0.410 e. The molecule has 3 aromatic carbocycles. The minimum absolute atomic E-state index is 0.0283. The molecule has 0 N–H and O–H groups in total. The Morgan fingerprint density at radius 1 is 0.833 bits per heavy atom. The number of carbonyl (C=O) groups is 2. The topological polar surface area (TPSA) is 55.8 Å². The van der Waals surface area contributed by atoms with E-state index in [0.29, 0.717) is 32.7 Å². The Morgan fingerprint density at radius 2 is 1.39 bits per heavy atom. The van der Waals surface area contributed by atoms with Crippen LogP contribution in [0.3, 0.4) is 0 Å². The summed E-state index contributed by atoms with van der Waals surface area (Å²) < 4.78 is 11.8. The Balaban J connectivity index is 1.18. The Labute approximate surface area is 212 Å². The van der Waals surface area contributed by atoms with Crippen molar-refractivity contribution in [2.75, 3.05) is 19.8 Å². The van der Waals surface area contributed by atoms with Crippen LogP contribution in [-0.2, 0) is 9.47 Å². The van der Waals surface area contributed by atoms with Crippen molar-refractivity contribution >= 4 is 11.9 Å². The second kappa shape index (κ2) is 9.21. The van der Waals surface area contributed by atoms with E-state index in [1.54, 1.807) is 0 Å². The molecule has 36 heavy (non-hydrogen) atoms. The lowest BCUT2D eigenvalue weighted by Gasteiger charge is -2.47. The molecule has 5 nitrogen and oxygen atoms in total. The number of hydrogen-bond acceptors (Lipinski definition) is 4. The quantitative estimate of drug-likeness (QED) is 0.435. The molecular weight excluding hydrogens is 450 g/mol. The number of ketones is 1. The molecule has 0 radical (unpaired) electrons. The molecule has 1 amide bonds. The highest BCUT2D eigenvalue weighted by atomic mass is 16.6. The molecule has 2 aliphatic heterocycles. The van der Waals surface area contributed by atoms with E-state index in [4.69, 9.17) is 9.47 Å². The summed E-state index contributed by atoms with van der Waals surface area (Å²) in [6.45, 7) is 5.18. The Morgan fingerprint density at radius 3 is 1.97 bits per heavy atom. The van der Waals surface area contributed by atoms with Gasteiger partial charge in [-0.2, -0.15) is 0 Å². The number of fused-ring (bicyclic) bond motifs is 5. The van der Waals surface area contributed by atoms with Crippen LogP contribution in [0.5, 0.6) is 0 Å². The fourth-order valence-corrected chi connectivity index (χ4v) is 6.50. The van der Waals surface area contributed by atoms with Crippen LogP contribution in [0.15, 0.2) is 66.7 Å². The first-order valence-electron chi connectivity index (χ1n) is 12.8. The van der Waals surface area contributed by atoms with Crippen LogP contribution in [0.1, 0.15) is 51.4 Å². The molecule has 2 saturated heterocycles. The molecule has 2 fully saturated rings. The molecule has 3 aliphatic rings. The van der Waals surface area contributed by atoms with Gasteiger partial charge in [0.2, 0.25) is 0 Å².